The third kappa shape index (κ3) is 2.09. The van der Waals surface area contributed by atoms with Crippen molar-refractivity contribution in [2.45, 2.75) is 24.9 Å². The van der Waals surface area contributed by atoms with Crippen LogP contribution in [0.15, 0.2) is 0 Å². The largest absolute Gasteiger partial charge is 0.480 e. The SMILES string of the molecule is N[C@@H]1CC[C@@H](C(=O)O)N(C(=O)O)C1. The predicted molar refractivity (Wildman–Crippen MR) is 43.4 cm³/mol. The van der Waals surface area contributed by atoms with Crippen LogP contribution in [0.3, 0.4) is 0 Å². The fourth-order valence-corrected chi connectivity index (χ4v) is 1.47. The Morgan fingerprint density at radius 2 is 1.92 bits per heavy atom. The van der Waals surface area contributed by atoms with E-state index in [-0.39, 0.29) is 12.6 Å². The first-order valence-electron chi connectivity index (χ1n) is 4.00. The van der Waals surface area contributed by atoms with E-state index in [9.17, 15) is 9.59 Å². The maximum atomic E-state index is 10.6. The highest BCUT2D eigenvalue weighted by atomic mass is 16.4. The van der Waals surface area contributed by atoms with Crippen LogP contribution in [0.1, 0.15) is 12.8 Å². The minimum atomic E-state index is -1.22. The number of aliphatic carboxylic acids is 1. The number of carbonyl (C=O) groups is 2. The van der Waals surface area contributed by atoms with Gasteiger partial charge in [0.2, 0.25) is 0 Å². The van der Waals surface area contributed by atoms with Crippen LogP contribution in [0.2, 0.25) is 0 Å². The molecule has 6 heteroatoms. The lowest BCUT2D eigenvalue weighted by atomic mass is 9.99. The molecular formula is C7H12N2O4. The maximum Gasteiger partial charge on any atom is 0.408 e. The van der Waals surface area contributed by atoms with E-state index < -0.39 is 18.1 Å². The molecule has 0 aromatic heterocycles. The van der Waals surface area contributed by atoms with Gasteiger partial charge in [0.15, 0.2) is 0 Å². The summed E-state index contributed by atoms with van der Waals surface area (Å²) in [5, 5.41) is 17.4. The van der Waals surface area contributed by atoms with E-state index in [4.69, 9.17) is 15.9 Å². The smallest absolute Gasteiger partial charge is 0.408 e. The number of piperidine rings is 1. The Balaban J connectivity index is 2.72. The number of hydrogen-bond acceptors (Lipinski definition) is 3. The number of rotatable bonds is 1. The average molecular weight is 188 g/mol. The Bertz CT molecular complexity index is 231. The van der Waals surface area contributed by atoms with Crippen LogP contribution in [0.4, 0.5) is 4.79 Å². The molecule has 4 N–H and O–H groups in total. The quantitative estimate of drug-likeness (QED) is 0.516. The monoisotopic (exact) mass is 188 g/mol. The molecule has 0 aromatic rings. The van der Waals surface area contributed by atoms with Crippen LogP contribution in [0, 0.1) is 0 Å². The van der Waals surface area contributed by atoms with Crippen LogP contribution >= 0.6 is 0 Å². The van der Waals surface area contributed by atoms with Gasteiger partial charge in [0.25, 0.3) is 0 Å². The third-order valence-corrected chi connectivity index (χ3v) is 2.15. The fourth-order valence-electron chi connectivity index (χ4n) is 1.47. The molecule has 1 amide bonds. The first-order chi connectivity index (χ1) is 6.02. The molecule has 13 heavy (non-hydrogen) atoms. The zero-order chi connectivity index (χ0) is 10.0. The zero-order valence-corrected chi connectivity index (χ0v) is 7.01. The van der Waals surface area contributed by atoms with Crippen LogP contribution in [0.5, 0.6) is 0 Å². The molecule has 6 nitrogen and oxygen atoms in total. The first-order valence-corrected chi connectivity index (χ1v) is 4.00. The van der Waals surface area contributed by atoms with Crippen molar-refractivity contribution in [1.29, 1.82) is 0 Å². The molecule has 1 heterocycles. The third-order valence-electron chi connectivity index (χ3n) is 2.15. The van der Waals surface area contributed by atoms with E-state index in [1.165, 1.54) is 0 Å². The molecule has 0 aromatic carbocycles. The minimum absolute atomic E-state index is 0.103. The number of carboxylic acid groups (broad SMARTS) is 2. The normalized spacial score (nSPS) is 28.5. The lowest BCUT2D eigenvalue weighted by molar-refractivity contribution is -0.143. The van der Waals surface area contributed by atoms with E-state index in [1.54, 1.807) is 0 Å². The van der Waals surface area contributed by atoms with Crippen LogP contribution in [-0.4, -0.2) is 45.8 Å². The second kappa shape index (κ2) is 3.61. The minimum Gasteiger partial charge on any atom is -0.480 e. The molecule has 2 atom stereocenters. The van der Waals surface area contributed by atoms with Crippen molar-refractivity contribution in [3.05, 3.63) is 0 Å². The molecule has 1 fully saturated rings. The molecule has 74 valence electrons. The van der Waals surface area contributed by atoms with Crippen LogP contribution in [0.25, 0.3) is 0 Å². The summed E-state index contributed by atoms with van der Waals surface area (Å²) >= 11 is 0. The number of nitrogens with zero attached hydrogens (tertiary/aromatic N) is 1. The molecule has 0 unspecified atom stereocenters. The standard InChI is InChI=1S/C7H12N2O4/c8-4-1-2-5(6(10)11)9(3-4)7(12)13/h4-5H,1-3,8H2,(H,10,11)(H,12,13)/t4-,5+/m1/s1. The van der Waals surface area contributed by atoms with Crippen molar-refractivity contribution in [1.82, 2.24) is 4.90 Å². The van der Waals surface area contributed by atoms with Crippen LogP contribution in [-0.2, 0) is 4.79 Å². The zero-order valence-electron chi connectivity index (χ0n) is 7.01. The van der Waals surface area contributed by atoms with Crippen molar-refractivity contribution in [2.24, 2.45) is 5.73 Å². The number of likely N-dealkylation sites (tertiary alicyclic amines) is 1. The highest BCUT2D eigenvalue weighted by Gasteiger charge is 2.34. The van der Waals surface area contributed by atoms with E-state index >= 15 is 0 Å². The summed E-state index contributed by atoms with van der Waals surface area (Å²) in [6, 6.07) is -1.18. The lowest BCUT2D eigenvalue weighted by Crippen LogP contribution is -2.53. The van der Waals surface area contributed by atoms with Gasteiger partial charge in [-0.3, -0.25) is 4.90 Å². The van der Waals surface area contributed by atoms with Gasteiger partial charge in [-0.25, -0.2) is 9.59 Å². The number of hydrogen-bond donors (Lipinski definition) is 3. The molecule has 1 rings (SSSR count). The van der Waals surface area contributed by atoms with Gasteiger partial charge in [-0.2, -0.15) is 0 Å². The Kier molecular flexibility index (Phi) is 2.72. The summed E-state index contributed by atoms with van der Waals surface area (Å²) in [6.45, 7) is 0.103. The molecular weight excluding hydrogens is 176 g/mol. The number of carboxylic acids is 1. The molecule has 1 aliphatic heterocycles. The molecule has 0 spiro atoms. The van der Waals surface area contributed by atoms with Gasteiger partial charge >= 0.3 is 12.1 Å². The highest BCUT2D eigenvalue weighted by Crippen LogP contribution is 2.16. The van der Waals surface area contributed by atoms with Gasteiger partial charge < -0.3 is 15.9 Å². The van der Waals surface area contributed by atoms with E-state index in [0.29, 0.717) is 12.8 Å². The first kappa shape index (κ1) is 9.79. The van der Waals surface area contributed by atoms with Crippen molar-refractivity contribution in [3.63, 3.8) is 0 Å². The fraction of sp³-hybridized carbons (Fsp3) is 0.714. The van der Waals surface area contributed by atoms with Crippen molar-refractivity contribution in [2.75, 3.05) is 6.54 Å². The highest BCUT2D eigenvalue weighted by molar-refractivity contribution is 5.79. The van der Waals surface area contributed by atoms with Crippen molar-refractivity contribution < 1.29 is 19.8 Å². The Hall–Kier alpha value is -1.30. The number of amides is 1. The lowest BCUT2D eigenvalue weighted by Gasteiger charge is -2.33. The summed E-state index contributed by atoms with van der Waals surface area (Å²) < 4.78 is 0. The average Bonchev–Trinajstić information content (AvgIpc) is 2.03. The van der Waals surface area contributed by atoms with Crippen molar-refractivity contribution >= 4 is 12.1 Å². The summed E-state index contributed by atoms with van der Waals surface area (Å²) in [5.74, 6) is -1.10. The van der Waals surface area contributed by atoms with Gasteiger partial charge in [-0.15, -0.1) is 0 Å². The molecule has 0 radical (unpaired) electrons. The van der Waals surface area contributed by atoms with E-state index in [1.807, 2.05) is 0 Å². The topological polar surface area (TPSA) is 104 Å². The Morgan fingerprint density at radius 1 is 1.31 bits per heavy atom. The number of nitrogens with two attached hydrogens (primary N) is 1. The maximum absolute atomic E-state index is 10.6. The van der Waals surface area contributed by atoms with E-state index in [0.717, 1.165) is 4.90 Å². The Morgan fingerprint density at radius 3 is 2.38 bits per heavy atom. The van der Waals surface area contributed by atoms with Crippen LogP contribution < -0.4 is 5.73 Å². The summed E-state index contributed by atoms with van der Waals surface area (Å²) in [6.07, 6.45) is -0.369. The van der Waals surface area contributed by atoms with Crippen molar-refractivity contribution in [3.8, 4) is 0 Å². The van der Waals surface area contributed by atoms with Gasteiger partial charge in [-0.1, -0.05) is 0 Å². The molecule has 0 bridgehead atoms. The predicted octanol–water partition coefficient (Wildman–Crippen LogP) is -0.459. The molecule has 0 saturated carbocycles. The van der Waals surface area contributed by atoms with Gasteiger partial charge in [-0.05, 0) is 12.8 Å². The molecule has 1 aliphatic rings. The second-order valence-corrected chi connectivity index (χ2v) is 3.13. The summed E-state index contributed by atoms with van der Waals surface area (Å²) in [4.78, 5) is 22.1. The van der Waals surface area contributed by atoms with Gasteiger partial charge in [0.05, 0.1) is 0 Å². The second-order valence-electron chi connectivity index (χ2n) is 3.13. The summed E-state index contributed by atoms with van der Waals surface area (Å²) in [5.41, 5.74) is 5.53. The molecule has 0 aliphatic carbocycles. The van der Waals surface area contributed by atoms with Gasteiger partial charge in [0, 0.05) is 12.6 Å². The van der Waals surface area contributed by atoms with E-state index in [2.05, 4.69) is 0 Å². The Labute approximate surface area is 74.9 Å². The molecule has 1 saturated heterocycles. The summed E-state index contributed by atoms with van der Waals surface area (Å²) in [7, 11) is 0. The van der Waals surface area contributed by atoms with Gasteiger partial charge in [0.1, 0.15) is 6.04 Å².